The first-order valence-corrected chi connectivity index (χ1v) is 11.0. The van der Waals surface area contributed by atoms with Crippen molar-refractivity contribution in [2.24, 2.45) is 0 Å². The van der Waals surface area contributed by atoms with Gasteiger partial charge in [-0.1, -0.05) is 78.9 Å². The Morgan fingerprint density at radius 2 is 1.52 bits per heavy atom. The van der Waals surface area contributed by atoms with Gasteiger partial charge in [-0.25, -0.2) is 13.1 Å². The summed E-state index contributed by atoms with van der Waals surface area (Å²) in [4.78, 5) is 2.13. The van der Waals surface area contributed by atoms with Gasteiger partial charge in [0.1, 0.15) is 0 Å². The van der Waals surface area contributed by atoms with Crippen LogP contribution in [0.1, 0.15) is 16.7 Å². The van der Waals surface area contributed by atoms with E-state index in [-0.39, 0.29) is 6.54 Å². The molecule has 29 heavy (non-hydrogen) atoms. The fraction of sp³-hybridized carbons (Fsp3) is 0.167. The molecule has 4 nitrogen and oxygen atoms in total. The Kier molecular flexibility index (Phi) is 6.99. The monoisotopic (exact) mass is 406 g/mol. The number of nitrogens with zero attached hydrogens (tertiary/aromatic N) is 1. The van der Waals surface area contributed by atoms with E-state index in [0.717, 1.165) is 28.8 Å². The number of nitrogens with one attached hydrogen (secondary N) is 1. The maximum atomic E-state index is 12.4. The van der Waals surface area contributed by atoms with Gasteiger partial charge in [-0.15, -0.1) is 0 Å². The SMILES string of the molecule is CN(C)Cc1ccc(-c2ccccc2CNS(=O)(=O)/C=C/c2ccccc2)cc1. The second kappa shape index (κ2) is 9.65. The van der Waals surface area contributed by atoms with Crippen LogP contribution in [-0.2, 0) is 23.1 Å². The van der Waals surface area contributed by atoms with Crippen LogP contribution in [0.3, 0.4) is 0 Å². The van der Waals surface area contributed by atoms with Crippen LogP contribution in [0.2, 0.25) is 0 Å². The first kappa shape index (κ1) is 21.0. The molecular formula is C24H26N2O2S. The molecular weight excluding hydrogens is 380 g/mol. The molecule has 1 N–H and O–H groups in total. The van der Waals surface area contributed by atoms with Gasteiger partial charge in [-0.05, 0) is 48.0 Å². The van der Waals surface area contributed by atoms with E-state index in [9.17, 15) is 8.42 Å². The fourth-order valence-electron chi connectivity index (χ4n) is 3.07. The maximum absolute atomic E-state index is 12.4. The van der Waals surface area contributed by atoms with Crippen molar-refractivity contribution in [2.75, 3.05) is 14.1 Å². The zero-order valence-corrected chi connectivity index (χ0v) is 17.6. The molecule has 0 aliphatic heterocycles. The zero-order valence-electron chi connectivity index (χ0n) is 16.7. The Balaban J connectivity index is 1.73. The van der Waals surface area contributed by atoms with Crippen molar-refractivity contribution in [3.63, 3.8) is 0 Å². The minimum atomic E-state index is -3.53. The number of rotatable bonds is 8. The van der Waals surface area contributed by atoms with Crippen LogP contribution in [0.25, 0.3) is 17.2 Å². The molecule has 3 rings (SSSR count). The van der Waals surface area contributed by atoms with Gasteiger partial charge >= 0.3 is 0 Å². The van der Waals surface area contributed by atoms with Crippen molar-refractivity contribution in [2.45, 2.75) is 13.1 Å². The van der Waals surface area contributed by atoms with Crippen LogP contribution in [0.4, 0.5) is 0 Å². The smallest absolute Gasteiger partial charge is 0.234 e. The summed E-state index contributed by atoms with van der Waals surface area (Å²) in [5.74, 6) is 0. The van der Waals surface area contributed by atoms with Crippen LogP contribution in [0.5, 0.6) is 0 Å². The predicted molar refractivity (Wildman–Crippen MR) is 121 cm³/mol. The lowest BCUT2D eigenvalue weighted by atomic mass is 9.99. The lowest BCUT2D eigenvalue weighted by molar-refractivity contribution is 0.402. The molecule has 3 aromatic rings. The van der Waals surface area contributed by atoms with E-state index in [1.165, 1.54) is 11.0 Å². The molecule has 0 saturated heterocycles. The molecule has 0 heterocycles. The minimum absolute atomic E-state index is 0.233. The third kappa shape index (κ3) is 6.39. The number of benzene rings is 3. The molecule has 0 atom stereocenters. The standard InChI is InChI=1S/C24H26N2O2S/c1-26(2)19-21-12-14-22(15-13-21)24-11-7-6-10-23(24)18-25-29(27,28)17-16-20-8-4-3-5-9-20/h3-17,25H,18-19H2,1-2H3/b17-16+. The van der Waals surface area contributed by atoms with Gasteiger partial charge in [0.2, 0.25) is 10.0 Å². The summed E-state index contributed by atoms with van der Waals surface area (Å²) in [6, 6.07) is 25.6. The van der Waals surface area contributed by atoms with Crippen LogP contribution in [0, 0.1) is 0 Å². The minimum Gasteiger partial charge on any atom is -0.305 e. The van der Waals surface area contributed by atoms with Crippen LogP contribution >= 0.6 is 0 Å². The average Bonchev–Trinajstić information content (AvgIpc) is 2.72. The first-order valence-electron chi connectivity index (χ1n) is 9.48. The van der Waals surface area contributed by atoms with Crippen molar-refractivity contribution in [3.05, 3.63) is 101 Å². The van der Waals surface area contributed by atoms with Gasteiger partial charge in [-0.2, -0.15) is 0 Å². The molecule has 0 bridgehead atoms. The molecule has 0 saturated carbocycles. The van der Waals surface area contributed by atoms with Crippen LogP contribution in [-0.4, -0.2) is 27.4 Å². The molecule has 0 amide bonds. The second-order valence-electron chi connectivity index (χ2n) is 7.17. The third-order valence-corrected chi connectivity index (χ3v) is 5.53. The van der Waals surface area contributed by atoms with Gasteiger partial charge in [0, 0.05) is 18.5 Å². The molecule has 0 radical (unpaired) electrons. The summed E-state index contributed by atoms with van der Waals surface area (Å²) < 4.78 is 27.4. The second-order valence-corrected chi connectivity index (χ2v) is 8.82. The molecule has 0 aliphatic rings. The van der Waals surface area contributed by atoms with E-state index in [2.05, 4.69) is 33.9 Å². The topological polar surface area (TPSA) is 49.4 Å². The van der Waals surface area contributed by atoms with Gasteiger partial charge in [0.05, 0.1) is 0 Å². The average molecular weight is 407 g/mol. The molecule has 3 aromatic carbocycles. The molecule has 0 aromatic heterocycles. The summed E-state index contributed by atoms with van der Waals surface area (Å²) in [6.07, 6.45) is 1.59. The summed E-state index contributed by atoms with van der Waals surface area (Å²) >= 11 is 0. The van der Waals surface area contributed by atoms with E-state index in [4.69, 9.17) is 0 Å². The lowest BCUT2D eigenvalue weighted by Crippen LogP contribution is -2.20. The highest BCUT2D eigenvalue weighted by molar-refractivity contribution is 7.92. The number of hydrogen-bond acceptors (Lipinski definition) is 3. The van der Waals surface area contributed by atoms with Crippen molar-refractivity contribution >= 4 is 16.1 Å². The largest absolute Gasteiger partial charge is 0.305 e. The predicted octanol–water partition coefficient (Wildman–Crippen LogP) is 4.51. The summed E-state index contributed by atoms with van der Waals surface area (Å²) in [7, 11) is 0.553. The van der Waals surface area contributed by atoms with Gasteiger partial charge in [0.15, 0.2) is 0 Å². The Bertz CT molecular complexity index is 1060. The van der Waals surface area contributed by atoms with Crippen LogP contribution in [0.15, 0.2) is 84.3 Å². The number of sulfonamides is 1. The molecule has 5 heteroatoms. The van der Waals surface area contributed by atoms with Crippen molar-refractivity contribution in [1.82, 2.24) is 9.62 Å². The van der Waals surface area contributed by atoms with Crippen LogP contribution < -0.4 is 4.72 Å². The fourth-order valence-corrected chi connectivity index (χ4v) is 3.86. The van der Waals surface area contributed by atoms with E-state index >= 15 is 0 Å². The van der Waals surface area contributed by atoms with Crippen molar-refractivity contribution < 1.29 is 8.42 Å². The lowest BCUT2D eigenvalue weighted by Gasteiger charge is -2.13. The van der Waals surface area contributed by atoms with E-state index in [0.29, 0.717) is 0 Å². The van der Waals surface area contributed by atoms with Gasteiger partial charge in [-0.3, -0.25) is 0 Å². The highest BCUT2D eigenvalue weighted by Crippen LogP contribution is 2.24. The normalized spacial score (nSPS) is 12.0. The van der Waals surface area contributed by atoms with E-state index in [1.807, 2.05) is 68.7 Å². The van der Waals surface area contributed by atoms with Crippen molar-refractivity contribution in [1.29, 1.82) is 0 Å². The van der Waals surface area contributed by atoms with Crippen molar-refractivity contribution in [3.8, 4) is 11.1 Å². The highest BCUT2D eigenvalue weighted by atomic mass is 32.2. The molecule has 0 spiro atoms. The zero-order chi connectivity index (χ0) is 20.7. The Morgan fingerprint density at radius 3 is 2.21 bits per heavy atom. The molecule has 0 fully saturated rings. The molecule has 0 aliphatic carbocycles. The Labute approximate surface area is 173 Å². The van der Waals surface area contributed by atoms with Gasteiger partial charge in [0.25, 0.3) is 0 Å². The summed E-state index contributed by atoms with van der Waals surface area (Å²) in [6.45, 7) is 1.12. The molecule has 0 unspecified atom stereocenters. The Hall–Kier alpha value is -2.73. The highest BCUT2D eigenvalue weighted by Gasteiger charge is 2.09. The Morgan fingerprint density at radius 1 is 0.862 bits per heavy atom. The first-order chi connectivity index (χ1) is 13.9. The number of hydrogen-bond donors (Lipinski definition) is 1. The van der Waals surface area contributed by atoms with E-state index < -0.39 is 10.0 Å². The summed E-state index contributed by atoms with van der Waals surface area (Å²) in [5.41, 5.74) is 5.12. The quantitative estimate of drug-likeness (QED) is 0.599. The summed E-state index contributed by atoms with van der Waals surface area (Å²) in [5, 5.41) is 1.21. The molecule has 150 valence electrons. The van der Waals surface area contributed by atoms with Gasteiger partial charge < -0.3 is 4.90 Å². The van der Waals surface area contributed by atoms with E-state index in [1.54, 1.807) is 6.08 Å². The third-order valence-electron chi connectivity index (χ3n) is 4.48. The maximum Gasteiger partial charge on any atom is 0.234 e.